The average Bonchev–Trinajstić information content (AvgIpc) is 3.23. The van der Waals surface area contributed by atoms with Crippen LogP contribution in [-0.2, 0) is 18.4 Å². The van der Waals surface area contributed by atoms with E-state index >= 15 is 0 Å². The maximum Gasteiger partial charge on any atom is 0.244 e. The van der Waals surface area contributed by atoms with Gasteiger partial charge in [-0.1, -0.05) is 6.07 Å². The van der Waals surface area contributed by atoms with Gasteiger partial charge in [-0.3, -0.25) is 9.48 Å². The lowest BCUT2D eigenvalue weighted by molar-refractivity contribution is -0.116. The number of aryl methyl sites for hydroxylation is 1. The van der Waals surface area contributed by atoms with E-state index in [9.17, 15) is 4.79 Å². The average molecular weight is 311 g/mol. The number of nitrogens with zero attached hydrogens (tertiary/aromatic N) is 4. The van der Waals surface area contributed by atoms with Crippen LogP contribution in [0.1, 0.15) is 24.0 Å². The molecule has 120 valence electrons. The van der Waals surface area contributed by atoms with Crippen molar-refractivity contribution in [2.45, 2.75) is 19.4 Å². The van der Waals surface area contributed by atoms with Crippen LogP contribution >= 0.6 is 0 Å². The topological polar surface area (TPSA) is 63.1 Å². The summed E-state index contributed by atoms with van der Waals surface area (Å²) < 4.78 is 1.70. The summed E-state index contributed by atoms with van der Waals surface area (Å²) in [6.07, 6.45) is 11.1. The Bertz CT molecular complexity index is 683. The molecule has 0 bridgehead atoms. The lowest BCUT2D eigenvalue weighted by Gasteiger charge is -2.16. The molecule has 6 heteroatoms. The van der Waals surface area contributed by atoms with Gasteiger partial charge in [0.25, 0.3) is 0 Å². The number of carbonyl (C=O) groups is 1. The number of pyridine rings is 1. The molecule has 1 aliphatic heterocycles. The number of aromatic nitrogens is 3. The Kier molecular flexibility index (Phi) is 4.71. The van der Waals surface area contributed by atoms with Crippen molar-refractivity contribution in [3.63, 3.8) is 0 Å². The zero-order valence-corrected chi connectivity index (χ0v) is 13.3. The first-order chi connectivity index (χ1) is 11.2. The standard InChI is InChI=1S/C17H21N5O/c1-21-13-15(12-20-21)5-7-17(23)19-11-14-4-6-16(18-10-14)22-8-2-3-9-22/h4-7,10,12-13H,2-3,8-9,11H2,1H3,(H,19,23)/b7-5+. The summed E-state index contributed by atoms with van der Waals surface area (Å²) >= 11 is 0. The van der Waals surface area contributed by atoms with Crippen molar-refractivity contribution < 1.29 is 4.79 Å². The van der Waals surface area contributed by atoms with Crippen LogP contribution in [0.15, 0.2) is 36.8 Å². The number of rotatable bonds is 5. The Labute approximate surface area is 135 Å². The minimum Gasteiger partial charge on any atom is -0.357 e. The molecule has 3 heterocycles. The summed E-state index contributed by atoms with van der Waals surface area (Å²) in [5.74, 6) is 0.895. The number of hydrogen-bond acceptors (Lipinski definition) is 4. The van der Waals surface area contributed by atoms with Crippen molar-refractivity contribution in [2.24, 2.45) is 7.05 Å². The molecule has 6 nitrogen and oxygen atoms in total. The van der Waals surface area contributed by atoms with Crippen LogP contribution in [0, 0.1) is 0 Å². The van der Waals surface area contributed by atoms with Crippen molar-refractivity contribution >= 4 is 17.8 Å². The third kappa shape index (κ3) is 4.18. The van der Waals surface area contributed by atoms with Crippen LogP contribution in [0.4, 0.5) is 5.82 Å². The van der Waals surface area contributed by atoms with E-state index in [1.165, 1.54) is 18.9 Å². The molecule has 0 aromatic carbocycles. The summed E-state index contributed by atoms with van der Waals surface area (Å²) in [5, 5.41) is 6.91. The quantitative estimate of drug-likeness (QED) is 0.855. The van der Waals surface area contributed by atoms with E-state index in [1.807, 2.05) is 31.6 Å². The smallest absolute Gasteiger partial charge is 0.244 e. The van der Waals surface area contributed by atoms with Gasteiger partial charge in [-0.25, -0.2) is 4.98 Å². The van der Waals surface area contributed by atoms with Gasteiger partial charge in [0.2, 0.25) is 5.91 Å². The van der Waals surface area contributed by atoms with Crippen LogP contribution in [-0.4, -0.2) is 33.8 Å². The number of amides is 1. The zero-order valence-electron chi connectivity index (χ0n) is 13.3. The van der Waals surface area contributed by atoms with Gasteiger partial charge < -0.3 is 10.2 Å². The third-order valence-electron chi connectivity index (χ3n) is 3.86. The summed E-state index contributed by atoms with van der Waals surface area (Å²) in [7, 11) is 1.84. The van der Waals surface area contributed by atoms with Crippen molar-refractivity contribution in [2.75, 3.05) is 18.0 Å². The van der Waals surface area contributed by atoms with Gasteiger partial charge in [0.1, 0.15) is 5.82 Å². The SMILES string of the molecule is Cn1cc(/C=C/C(=O)NCc2ccc(N3CCCC3)nc2)cn1. The van der Waals surface area contributed by atoms with E-state index in [2.05, 4.69) is 20.3 Å². The van der Waals surface area contributed by atoms with Crippen molar-refractivity contribution in [3.05, 3.63) is 47.9 Å². The highest BCUT2D eigenvalue weighted by molar-refractivity contribution is 5.91. The predicted octanol–water partition coefficient (Wildman–Crippen LogP) is 1.74. The van der Waals surface area contributed by atoms with Crippen LogP contribution in [0.2, 0.25) is 0 Å². The number of hydrogen-bond donors (Lipinski definition) is 1. The summed E-state index contributed by atoms with van der Waals surface area (Å²) in [6.45, 7) is 2.65. The highest BCUT2D eigenvalue weighted by Gasteiger charge is 2.12. The normalized spacial score (nSPS) is 14.6. The summed E-state index contributed by atoms with van der Waals surface area (Å²) in [4.78, 5) is 18.6. The molecule has 23 heavy (non-hydrogen) atoms. The van der Waals surface area contributed by atoms with Crippen molar-refractivity contribution in [1.82, 2.24) is 20.1 Å². The van der Waals surface area contributed by atoms with Crippen LogP contribution in [0.25, 0.3) is 6.08 Å². The van der Waals surface area contributed by atoms with Crippen LogP contribution < -0.4 is 10.2 Å². The number of carbonyl (C=O) groups excluding carboxylic acids is 1. The molecule has 0 spiro atoms. The largest absolute Gasteiger partial charge is 0.357 e. The monoisotopic (exact) mass is 311 g/mol. The minimum atomic E-state index is -0.127. The Hall–Kier alpha value is -2.63. The second kappa shape index (κ2) is 7.09. The van der Waals surface area contributed by atoms with E-state index in [4.69, 9.17) is 0 Å². The molecule has 3 rings (SSSR count). The van der Waals surface area contributed by atoms with Gasteiger partial charge in [-0.05, 0) is 30.5 Å². The van der Waals surface area contributed by atoms with Gasteiger partial charge in [0, 0.05) is 50.7 Å². The molecule has 1 N–H and O–H groups in total. The maximum atomic E-state index is 11.8. The molecule has 0 radical (unpaired) electrons. The van der Waals surface area contributed by atoms with Crippen molar-refractivity contribution in [1.29, 1.82) is 0 Å². The first-order valence-corrected chi connectivity index (χ1v) is 7.85. The number of anilines is 1. The van der Waals surface area contributed by atoms with E-state index in [1.54, 1.807) is 17.0 Å². The highest BCUT2D eigenvalue weighted by atomic mass is 16.1. The molecule has 1 aliphatic rings. The molecule has 1 saturated heterocycles. The second-order valence-corrected chi connectivity index (χ2v) is 5.72. The van der Waals surface area contributed by atoms with E-state index in [-0.39, 0.29) is 5.91 Å². The van der Waals surface area contributed by atoms with E-state index in [0.717, 1.165) is 30.0 Å². The van der Waals surface area contributed by atoms with Gasteiger partial charge >= 0.3 is 0 Å². The maximum absolute atomic E-state index is 11.8. The lowest BCUT2D eigenvalue weighted by atomic mass is 10.2. The Morgan fingerprint density at radius 2 is 2.13 bits per heavy atom. The fraction of sp³-hybridized carbons (Fsp3) is 0.353. The lowest BCUT2D eigenvalue weighted by Crippen LogP contribution is -2.21. The molecule has 0 aliphatic carbocycles. The number of nitrogens with one attached hydrogen (secondary N) is 1. The minimum absolute atomic E-state index is 0.127. The van der Waals surface area contributed by atoms with E-state index in [0.29, 0.717) is 6.54 Å². The summed E-state index contributed by atoms with van der Waals surface area (Å²) in [6, 6.07) is 4.05. The Morgan fingerprint density at radius 3 is 2.78 bits per heavy atom. The van der Waals surface area contributed by atoms with Crippen molar-refractivity contribution in [3.8, 4) is 0 Å². The van der Waals surface area contributed by atoms with Crippen LogP contribution in [0.3, 0.4) is 0 Å². The molecule has 0 unspecified atom stereocenters. The fourth-order valence-electron chi connectivity index (χ4n) is 2.60. The molecule has 0 saturated carbocycles. The molecular weight excluding hydrogens is 290 g/mol. The molecule has 2 aromatic heterocycles. The molecule has 0 atom stereocenters. The van der Waals surface area contributed by atoms with Gasteiger partial charge in [0.05, 0.1) is 6.20 Å². The Morgan fingerprint density at radius 1 is 1.30 bits per heavy atom. The molecule has 2 aromatic rings. The van der Waals surface area contributed by atoms with Gasteiger partial charge in [0.15, 0.2) is 0 Å². The van der Waals surface area contributed by atoms with Gasteiger partial charge in [-0.15, -0.1) is 0 Å². The second-order valence-electron chi connectivity index (χ2n) is 5.72. The van der Waals surface area contributed by atoms with E-state index < -0.39 is 0 Å². The zero-order chi connectivity index (χ0) is 16.1. The first kappa shape index (κ1) is 15.3. The molecule has 1 amide bonds. The van der Waals surface area contributed by atoms with Crippen LogP contribution in [0.5, 0.6) is 0 Å². The molecule has 1 fully saturated rings. The first-order valence-electron chi connectivity index (χ1n) is 7.85. The summed E-state index contributed by atoms with van der Waals surface area (Å²) in [5.41, 5.74) is 1.90. The highest BCUT2D eigenvalue weighted by Crippen LogP contribution is 2.17. The van der Waals surface area contributed by atoms with Gasteiger partial charge in [-0.2, -0.15) is 5.10 Å². The molecular formula is C17H21N5O. The Balaban J connectivity index is 1.49. The third-order valence-corrected chi connectivity index (χ3v) is 3.86. The predicted molar refractivity (Wildman–Crippen MR) is 89.8 cm³/mol. The fourth-order valence-corrected chi connectivity index (χ4v) is 2.60.